The second-order valence-electron chi connectivity index (χ2n) is 8.09. The average Bonchev–Trinajstić information content (AvgIpc) is 3.51. The van der Waals surface area contributed by atoms with Crippen molar-refractivity contribution in [2.45, 2.75) is 19.0 Å². The standard InChI is InChI=1S/C23H23ClF3N9O2/c24-16-10-13(2-3-14(16)22(38)31-7-1-6-29-18(37)4-5-28)34-20-21-32-12-17(36(21)9-8-30-20)15-11-33-35-19(15)23(25,26)27/h2-3,8-12H,1,4-7,28H2,(H,29,37)(H,30,34)(H,31,38)(H,33,35). The van der Waals surface area contributed by atoms with Crippen LogP contribution in [0.2, 0.25) is 5.02 Å². The summed E-state index contributed by atoms with van der Waals surface area (Å²) < 4.78 is 41.5. The van der Waals surface area contributed by atoms with E-state index in [9.17, 15) is 22.8 Å². The minimum absolute atomic E-state index is 0.144. The quantitative estimate of drug-likeness (QED) is 0.190. The van der Waals surface area contributed by atoms with Gasteiger partial charge in [0.25, 0.3) is 5.91 Å². The van der Waals surface area contributed by atoms with Crippen molar-refractivity contribution in [2.24, 2.45) is 5.73 Å². The number of aromatic amines is 1. The molecule has 4 rings (SSSR count). The molecule has 38 heavy (non-hydrogen) atoms. The molecule has 1 aromatic carbocycles. The number of H-pyrrole nitrogens is 1. The molecule has 3 heterocycles. The molecular weight excluding hydrogens is 527 g/mol. The predicted molar refractivity (Wildman–Crippen MR) is 134 cm³/mol. The maximum atomic E-state index is 13.3. The van der Waals surface area contributed by atoms with Crippen molar-refractivity contribution >= 4 is 40.6 Å². The Bertz CT molecular complexity index is 1450. The fourth-order valence-corrected chi connectivity index (χ4v) is 3.92. The van der Waals surface area contributed by atoms with Gasteiger partial charge < -0.3 is 21.7 Å². The maximum absolute atomic E-state index is 13.3. The van der Waals surface area contributed by atoms with Crippen LogP contribution in [0.1, 0.15) is 28.9 Å². The van der Waals surface area contributed by atoms with Gasteiger partial charge in [-0.3, -0.25) is 19.1 Å². The minimum Gasteiger partial charge on any atom is -0.356 e. The number of alkyl halides is 3. The van der Waals surface area contributed by atoms with E-state index in [1.54, 1.807) is 6.07 Å². The molecule has 0 bridgehead atoms. The number of nitrogens with one attached hydrogen (secondary N) is 4. The highest BCUT2D eigenvalue weighted by atomic mass is 35.5. The largest absolute Gasteiger partial charge is 0.433 e. The van der Waals surface area contributed by atoms with Gasteiger partial charge in [0.15, 0.2) is 11.5 Å². The molecule has 0 saturated carbocycles. The van der Waals surface area contributed by atoms with Gasteiger partial charge in [0, 0.05) is 44.1 Å². The number of amides is 2. The summed E-state index contributed by atoms with van der Waals surface area (Å²) in [4.78, 5) is 32.3. The highest BCUT2D eigenvalue weighted by Gasteiger charge is 2.36. The number of hydrogen-bond acceptors (Lipinski definition) is 7. The number of imidazole rings is 1. The Morgan fingerprint density at radius 1 is 1.13 bits per heavy atom. The molecule has 200 valence electrons. The lowest BCUT2D eigenvalue weighted by atomic mass is 10.2. The number of nitrogens with two attached hydrogens (primary N) is 1. The number of aromatic nitrogens is 5. The first-order valence-corrected chi connectivity index (χ1v) is 11.8. The van der Waals surface area contributed by atoms with Crippen LogP contribution in [0.25, 0.3) is 16.9 Å². The Morgan fingerprint density at radius 2 is 1.92 bits per heavy atom. The topological polar surface area (TPSA) is 155 Å². The van der Waals surface area contributed by atoms with E-state index in [0.717, 1.165) is 6.20 Å². The van der Waals surface area contributed by atoms with Crippen molar-refractivity contribution in [3.8, 4) is 11.3 Å². The number of halogens is 4. The summed E-state index contributed by atoms with van der Waals surface area (Å²) in [5.41, 5.74) is 5.36. The molecule has 0 spiro atoms. The molecule has 2 amide bonds. The van der Waals surface area contributed by atoms with Crippen LogP contribution in [0, 0.1) is 0 Å². The van der Waals surface area contributed by atoms with Crippen LogP contribution in [0.15, 0.2) is 43.0 Å². The lowest BCUT2D eigenvalue weighted by Crippen LogP contribution is -2.30. The molecule has 0 fully saturated rings. The molecule has 6 N–H and O–H groups in total. The van der Waals surface area contributed by atoms with E-state index in [-0.39, 0.29) is 58.1 Å². The molecular formula is C23H23ClF3N9O2. The van der Waals surface area contributed by atoms with Gasteiger partial charge in [0.1, 0.15) is 5.69 Å². The Kier molecular flexibility index (Phi) is 8.12. The number of hydrogen-bond donors (Lipinski definition) is 5. The van der Waals surface area contributed by atoms with Crippen molar-refractivity contribution in [1.29, 1.82) is 0 Å². The van der Waals surface area contributed by atoms with Crippen molar-refractivity contribution in [2.75, 3.05) is 25.0 Å². The number of benzene rings is 1. The van der Waals surface area contributed by atoms with Crippen LogP contribution < -0.4 is 21.7 Å². The first-order valence-electron chi connectivity index (χ1n) is 11.4. The molecule has 0 radical (unpaired) electrons. The van der Waals surface area contributed by atoms with E-state index < -0.39 is 11.9 Å². The summed E-state index contributed by atoms with van der Waals surface area (Å²) in [5.74, 6) is -0.261. The smallest absolute Gasteiger partial charge is 0.356 e. The fourth-order valence-electron chi connectivity index (χ4n) is 3.65. The van der Waals surface area contributed by atoms with Gasteiger partial charge in [0.05, 0.1) is 34.2 Å². The Hall–Kier alpha value is -4.17. The van der Waals surface area contributed by atoms with Gasteiger partial charge in [-0.05, 0) is 24.6 Å². The second-order valence-corrected chi connectivity index (χ2v) is 8.49. The van der Waals surface area contributed by atoms with Gasteiger partial charge in [0.2, 0.25) is 5.91 Å². The molecule has 0 aliphatic heterocycles. The number of carbonyl (C=O) groups is 2. The van der Waals surface area contributed by atoms with Crippen molar-refractivity contribution < 1.29 is 22.8 Å². The maximum Gasteiger partial charge on any atom is 0.433 e. The molecule has 0 aliphatic carbocycles. The average molecular weight is 550 g/mol. The van der Waals surface area contributed by atoms with Crippen LogP contribution in [0.4, 0.5) is 24.7 Å². The van der Waals surface area contributed by atoms with Gasteiger partial charge in [-0.15, -0.1) is 0 Å². The number of carbonyl (C=O) groups excluding carboxylic acids is 2. The van der Waals surface area contributed by atoms with E-state index in [0.29, 0.717) is 25.2 Å². The fraction of sp³-hybridized carbons (Fsp3) is 0.261. The molecule has 0 aliphatic rings. The second kappa shape index (κ2) is 11.5. The molecule has 4 aromatic rings. The van der Waals surface area contributed by atoms with Crippen LogP contribution in [0.3, 0.4) is 0 Å². The normalized spacial score (nSPS) is 11.5. The van der Waals surface area contributed by atoms with Gasteiger partial charge in [-0.1, -0.05) is 11.6 Å². The molecule has 15 heteroatoms. The van der Waals surface area contributed by atoms with Crippen molar-refractivity contribution in [1.82, 2.24) is 35.2 Å². The monoisotopic (exact) mass is 549 g/mol. The summed E-state index contributed by atoms with van der Waals surface area (Å²) in [6.45, 7) is 1.01. The lowest BCUT2D eigenvalue weighted by Gasteiger charge is -2.11. The van der Waals surface area contributed by atoms with Crippen molar-refractivity contribution in [3.63, 3.8) is 0 Å². The van der Waals surface area contributed by atoms with Crippen LogP contribution in [0.5, 0.6) is 0 Å². The molecule has 0 atom stereocenters. The minimum atomic E-state index is -4.62. The predicted octanol–water partition coefficient (Wildman–Crippen LogP) is 3.12. The number of anilines is 2. The zero-order valence-electron chi connectivity index (χ0n) is 19.8. The highest BCUT2D eigenvalue weighted by Crippen LogP contribution is 2.36. The van der Waals surface area contributed by atoms with E-state index in [1.807, 2.05) is 5.10 Å². The third kappa shape index (κ3) is 6.03. The molecule has 0 saturated heterocycles. The van der Waals surface area contributed by atoms with Crippen molar-refractivity contribution in [3.05, 3.63) is 59.3 Å². The van der Waals surface area contributed by atoms with E-state index in [4.69, 9.17) is 17.3 Å². The van der Waals surface area contributed by atoms with Crippen LogP contribution in [-0.2, 0) is 11.0 Å². The summed E-state index contributed by atoms with van der Waals surface area (Å²) in [5, 5.41) is 14.2. The number of rotatable bonds is 10. The van der Waals surface area contributed by atoms with Crippen LogP contribution in [-0.4, -0.2) is 56.0 Å². The molecule has 3 aromatic heterocycles. The Morgan fingerprint density at radius 3 is 2.66 bits per heavy atom. The van der Waals surface area contributed by atoms with E-state index >= 15 is 0 Å². The Labute approximate surface area is 219 Å². The third-order valence-electron chi connectivity index (χ3n) is 5.44. The zero-order valence-corrected chi connectivity index (χ0v) is 20.5. The van der Waals surface area contributed by atoms with Gasteiger partial charge in [-0.25, -0.2) is 9.97 Å². The summed E-state index contributed by atoms with van der Waals surface area (Å²) in [6.07, 6.45) is 1.45. The van der Waals surface area contributed by atoms with Crippen LogP contribution >= 0.6 is 11.6 Å². The molecule has 11 nitrogen and oxygen atoms in total. The third-order valence-corrected chi connectivity index (χ3v) is 5.75. The SMILES string of the molecule is NCCC(=O)NCCCNC(=O)c1ccc(Nc2nccn3c(-c4cn[nH]c4C(F)(F)F)cnc23)cc1Cl. The Balaban J connectivity index is 1.44. The van der Waals surface area contributed by atoms with Gasteiger partial charge in [-0.2, -0.15) is 18.3 Å². The molecule has 0 unspecified atom stereocenters. The first-order chi connectivity index (χ1) is 18.2. The van der Waals surface area contributed by atoms with E-state index in [1.165, 1.54) is 35.1 Å². The number of nitrogens with zero attached hydrogens (tertiary/aromatic N) is 4. The number of fused-ring (bicyclic) bond motifs is 1. The summed E-state index contributed by atoms with van der Waals surface area (Å²) in [6, 6.07) is 4.66. The summed E-state index contributed by atoms with van der Waals surface area (Å²) in [7, 11) is 0. The summed E-state index contributed by atoms with van der Waals surface area (Å²) >= 11 is 6.33. The van der Waals surface area contributed by atoms with Gasteiger partial charge >= 0.3 is 6.18 Å². The first kappa shape index (κ1) is 26.9. The lowest BCUT2D eigenvalue weighted by molar-refractivity contribution is -0.140. The highest BCUT2D eigenvalue weighted by molar-refractivity contribution is 6.34. The van der Waals surface area contributed by atoms with E-state index in [2.05, 4.69) is 31.0 Å². The zero-order chi connectivity index (χ0) is 27.3.